The molecule has 0 unspecified atom stereocenters. The van der Waals surface area contributed by atoms with Gasteiger partial charge in [-0.05, 0) is 31.0 Å². The number of hydrogen-bond acceptors (Lipinski definition) is 5. The van der Waals surface area contributed by atoms with Gasteiger partial charge < -0.3 is 19.2 Å². The van der Waals surface area contributed by atoms with E-state index in [0.29, 0.717) is 37.5 Å². The molecule has 1 N–H and O–H groups in total. The van der Waals surface area contributed by atoms with E-state index < -0.39 is 0 Å². The molecule has 2 amide bonds. The van der Waals surface area contributed by atoms with Crippen molar-refractivity contribution in [2.75, 3.05) is 6.54 Å². The zero-order valence-corrected chi connectivity index (χ0v) is 15.8. The molecule has 3 aromatic rings. The van der Waals surface area contributed by atoms with Crippen LogP contribution in [-0.2, 0) is 24.3 Å². The van der Waals surface area contributed by atoms with Crippen LogP contribution in [0.4, 0.5) is 0 Å². The van der Waals surface area contributed by atoms with E-state index in [1.807, 2.05) is 43.3 Å². The molecule has 28 heavy (non-hydrogen) atoms. The molecule has 0 aliphatic carbocycles. The number of hydrogen-bond donors (Lipinski definition) is 1. The first-order valence-electron chi connectivity index (χ1n) is 9.23. The van der Waals surface area contributed by atoms with Crippen LogP contribution < -0.4 is 5.32 Å². The molecule has 0 aliphatic heterocycles. The quantitative estimate of drug-likeness (QED) is 0.615. The SMILES string of the molecule is CCNC(=O)c1cc(CN(Cc2ccco2)C(=O)CCc2ccccc2)on1. The van der Waals surface area contributed by atoms with E-state index >= 15 is 0 Å². The van der Waals surface area contributed by atoms with Crippen LogP contribution >= 0.6 is 0 Å². The Balaban J connectivity index is 1.68. The summed E-state index contributed by atoms with van der Waals surface area (Å²) in [5.41, 5.74) is 1.30. The van der Waals surface area contributed by atoms with Gasteiger partial charge in [-0.25, -0.2) is 0 Å². The maximum absolute atomic E-state index is 12.8. The standard InChI is InChI=1S/C21H23N3O4/c1-2-22-21(26)19-13-18(28-23-19)15-24(14-17-9-6-12-27-17)20(25)11-10-16-7-4-3-5-8-16/h3-9,12-13H,2,10-11,14-15H2,1H3,(H,22,26). The van der Waals surface area contributed by atoms with E-state index in [1.165, 1.54) is 0 Å². The molecule has 0 bridgehead atoms. The molecule has 0 aliphatic rings. The molecule has 0 radical (unpaired) electrons. The molecule has 0 fully saturated rings. The third kappa shape index (κ3) is 5.33. The van der Waals surface area contributed by atoms with Crippen molar-refractivity contribution < 1.29 is 18.5 Å². The molecule has 146 valence electrons. The van der Waals surface area contributed by atoms with Gasteiger partial charge in [0.15, 0.2) is 11.5 Å². The van der Waals surface area contributed by atoms with Crippen LogP contribution in [-0.4, -0.2) is 28.4 Å². The van der Waals surface area contributed by atoms with E-state index in [1.54, 1.807) is 23.3 Å². The number of rotatable bonds is 9. The zero-order valence-electron chi connectivity index (χ0n) is 15.8. The molecule has 1 aromatic carbocycles. The first-order valence-corrected chi connectivity index (χ1v) is 9.23. The second kappa shape index (κ2) is 9.55. The Labute approximate surface area is 163 Å². The van der Waals surface area contributed by atoms with Crippen molar-refractivity contribution in [2.45, 2.75) is 32.9 Å². The second-order valence-electron chi connectivity index (χ2n) is 6.35. The van der Waals surface area contributed by atoms with Crippen molar-refractivity contribution in [3.8, 4) is 0 Å². The second-order valence-corrected chi connectivity index (χ2v) is 6.35. The fourth-order valence-corrected chi connectivity index (χ4v) is 2.81. The molecular formula is C21H23N3O4. The molecule has 3 rings (SSSR count). The third-order valence-electron chi connectivity index (χ3n) is 4.23. The van der Waals surface area contributed by atoms with E-state index in [-0.39, 0.29) is 24.1 Å². The van der Waals surface area contributed by atoms with Gasteiger partial charge in [-0.2, -0.15) is 0 Å². The van der Waals surface area contributed by atoms with Crippen LogP contribution in [0.5, 0.6) is 0 Å². The number of furan rings is 1. The number of amides is 2. The Morgan fingerprint density at radius 1 is 1.07 bits per heavy atom. The normalized spacial score (nSPS) is 10.6. The highest BCUT2D eigenvalue weighted by Crippen LogP contribution is 2.14. The smallest absolute Gasteiger partial charge is 0.273 e. The minimum Gasteiger partial charge on any atom is -0.467 e. The summed E-state index contributed by atoms with van der Waals surface area (Å²) < 4.78 is 10.6. The number of aromatic nitrogens is 1. The first-order chi connectivity index (χ1) is 13.7. The first kappa shape index (κ1) is 19.4. The van der Waals surface area contributed by atoms with Crippen LogP contribution in [0, 0.1) is 0 Å². The van der Waals surface area contributed by atoms with E-state index in [9.17, 15) is 9.59 Å². The predicted octanol–water partition coefficient (Wildman–Crippen LogP) is 3.18. The minimum atomic E-state index is -0.300. The minimum absolute atomic E-state index is 0.0313. The molecule has 0 saturated carbocycles. The molecule has 2 aromatic heterocycles. The average Bonchev–Trinajstić information content (AvgIpc) is 3.39. The maximum atomic E-state index is 12.8. The lowest BCUT2D eigenvalue weighted by molar-refractivity contribution is -0.133. The van der Waals surface area contributed by atoms with Crippen LogP contribution in [0.3, 0.4) is 0 Å². The zero-order chi connectivity index (χ0) is 19.8. The van der Waals surface area contributed by atoms with Crippen molar-refractivity contribution >= 4 is 11.8 Å². The Morgan fingerprint density at radius 3 is 2.57 bits per heavy atom. The lowest BCUT2D eigenvalue weighted by Crippen LogP contribution is -2.30. The molecule has 0 atom stereocenters. The average molecular weight is 381 g/mol. The fraction of sp³-hybridized carbons (Fsp3) is 0.286. The lowest BCUT2D eigenvalue weighted by Gasteiger charge is -2.20. The molecule has 0 saturated heterocycles. The van der Waals surface area contributed by atoms with Crippen molar-refractivity contribution in [3.05, 3.63) is 77.6 Å². The monoisotopic (exact) mass is 381 g/mol. The van der Waals surface area contributed by atoms with E-state index in [0.717, 1.165) is 5.56 Å². The summed E-state index contributed by atoms with van der Waals surface area (Å²) in [5.74, 6) is 0.791. The number of carbonyl (C=O) groups excluding carboxylic acids is 2. The maximum Gasteiger partial charge on any atom is 0.273 e. The Morgan fingerprint density at radius 2 is 1.86 bits per heavy atom. The molecule has 7 heteroatoms. The summed E-state index contributed by atoms with van der Waals surface area (Å²) in [6, 6.07) is 15.0. The highest BCUT2D eigenvalue weighted by Gasteiger charge is 2.19. The summed E-state index contributed by atoms with van der Waals surface area (Å²) in [6.07, 6.45) is 2.58. The summed E-state index contributed by atoms with van der Waals surface area (Å²) in [5, 5.41) is 6.46. The van der Waals surface area contributed by atoms with Crippen LogP contribution in [0.15, 0.2) is 63.7 Å². The van der Waals surface area contributed by atoms with Crippen LogP contribution in [0.25, 0.3) is 0 Å². The Bertz CT molecular complexity index is 888. The van der Waals surface area contributed by atoms with Gasteiger partial charge in [0.05, 0.1) is 19.4 Å². The Kier molecular flexibility index (Phi) is 6.62. The summed E-state index contributed by atoms with van der Waals surface area (Å²) in [6.45, 7) is 2.86. The largest absolute Gasteiger partial charge is 0.467 e. The van der Waals surface area contributed by atoms with Crippen molar-refractivity contribution in [1.82, 2.24) is 15.4 Å². The van der Waals surface area contributed by atoms with E-state index in [4.69, 9.17) is 8.94 Å². The van der Waals surface area contributed by atoms with Gasteiger partial charge in [-0.1, -0.05) is 35.5 Å². The molecule has 0 spiro atoms. The van der Waals surface area contributed by atoms with Gasteiger partial charge in [0.2, 0.25) is 5.91 Å². The number of aryl methyl sites for hydroxylation is 1. The van der Waals surface area contributed by atoms with E-state index in [2.05, 4.69) is 10.5 Å². The van der Waals surface area contributed by atoms with Gasteiger partial charge in [0, 0.05) is 19.0 Å². The lowest BCUT2D eigenvalue weighted by atomic mass is 10.1. The van der Waals surface area contributed by atoms with Gasteiger partial charge in [-0.3, -0.25) is 9.59 Å². The number of benzene rings is 1. The number of carbonyl (C=O) groups is 2. The molecule has 2 heterocycles. The summed E-state index contributed by atoms with van der Waals surface area (Å²) in [7, 11) is 0. The number of nitrogens with one attached hydrogen (secondary N) is 1. The highest BCUT2D eigenvalue weighted by molar-refractivity contribution is 5.92. The topological polar surface area (TPSA) is 88.6 Å². The van der Waals surface area contributed by atoms with Crippen molar-refractivity contribution in [2.24, 2.45) is 0 Å². The molecular weight excluding hydrogens is 358 g/mol. The Hall–Kier alpha value is -3.35. The van der Waals surface area contributed by atoms with Crippen molar-refractivity contribution in [1.29, 1.82) is 0 Å². The van der Waals surface area contributed by atoms with Crippen molar-refractivity contribution in [3.63, 3.8) is 0 Å². The van der Waals surface area contributed by atoms with Gasteiger partial charge in [0.1, 0.15) is 5.76 Å². The van der Waals surface area contributed by atoms with Gasteiger partial charge in [0.25, 0.3) is 5.91 Å². The van der Waals surface area contributed by atoms with Gasteiger partial charge >= 0.3 is 0 Å². The predicted molar refractivity (Wildman–Crippen MR) is 102 cm³/mol. The summed E-state index contributed by atoms with van der Waals surface area (Å²) in [4.78, 5) is 26.3. The highest BCUT2D eigenvalue weighted by atomic mass is 16.5. The molecule has 7 nitrogen and oxygen atoms in total. The van der Waals surface area contributed by atoms with Crippen LogP contribution in [0.1, 0.15) is 40.9 Å². The van der Waals surface area contributed by atoms with Crippen LogP contribution in [0.2, 0.25) is 0 Å². The summed E-state index contributed by atoms with van der Waals surface area (Å²) >= 11 is 0. The van der Waals surface area contributed by atoms with Gasteiger partial charge in [-0.15, -0.1) is 0 Å². The fourth-order valence-electron chi connectivity index (χ4n) is 2.81. The number of nitrogens with zero attached hydrogens (tertiary/aromatic N) is 2. The third-order valence-corrected chi connectivity index (χ3v) is 4.23.